The van der Waals surface area contributed by atoms with Gasteiger partial charge in [0.05, 0.1) is 12.8 Å². The number of carbonyl (C=O) groups excluding carboxylic acids is 2. The molecule has 0 bridgehead atoms. The van der Waals surface area contributed by atoms with E-state index >= 15 is 0 Å². The van der Waals surface area contributed by atoms with Crippen molar-refractivity contribution in [3.8, 4) is 0 Å². The third kappa shape index (κ3) is 7.30. The maximum absolute atomic E-state index is 13.3. The fourth-order valence-electron chi connectivity index (χ4n) is 3.44. The van der Waals surface area contributed by atoms with Crippen molar-refractivity contribution in [2.24, 2.45) is 5.92 Å². The summed E-state index contributed by atoms with van der Waals surface area (Å²) in [6, 6.07) is 23.0. The Labute approximate surface area is 189 Å². The highest BCUT2D eigenvalue weighted by molar-refractivity contribution is 5.84. The number of nitrogens with zero attached hydrogens (tertiary/aromatic N) is 2. The lowest BCUT2D eigenvalue weighted by Crippen LogP contribution is -2.47. The molecular weight excluding hydrogens is 402 g/mol. The van der Waals surface area contributed by atoms with Gasteiger partial charge in [-0.3, -0.25) is 4.79 Å². The van der Waals surface area contributed by atoms with Crippen LogP contribution in [0.25, 0.3) is 0 Å². The second-order valence-corrected chi connectivity index (χ2v) is 8.23. The standard InChI is InChI=1S/C26H31N3O3/c1-21(2)17-29(26(31)27-16-22-10-5-3-6-11-22)20-25(30)28(19-24-14-9-15-32-24)18-23-12-7-4-8-13-23/h3-15,21H,16-20H2,1-2H3,(H,27,31). The van der Waals surface area contributed by atoms with Gasteiger partial charge in [-0.25, -0.2) is 4.79 Å². The SMILES string of the molecule is CC(C)CN(CC(=O)N(Cc1ccccc1)Cc1ccco1)C(=O)NCc1ccccc1. The van der Waals surface area contributed by atoms with Crippen molar-refractivity contribution in [3.63, 3.8) is 0 Å². The Kier molecular flexibility index (Phi) is 8.49. The van der Waals surface area contributed by atoms with Gasteiger partial charge < -0.3 is 19.5 Å². The summed E-state index contributed by atoms with van der Waals surface area (Å²) in [6.07, 6.45) is 1.60. The Morgan fingerprint density at radius 1 is 0.844 bits per heavy atom. The molecule has 0 aliphatic carbocycles. The third-order valence-corrected chi connectivity index (χ3v) is 4.98. The molecule has 0 saturated heterocycles. The van der Waals surface area contributed by atoms with Crippen molar-refractivity contribution in [2.75, 3.05) is 13.1 Å². The second-order valence-electron chi connectivity index (χ2n) is 8.23. The fraction of sp³-hybridized carbons (Fsp3) is 0.308. The molecule has 2 aromatic carbocycles. The van der Waals surface area contributed by atoms with E-state index in [0.717, 1.165) is 11.1 Å². The van der Waals surface area contributed by atoms with Gasteiger partial charge in [0.2, 0.25) is 5.91 Å². The van der Waals surface area contributed by atoms with Gasteiger partial charge in [0.25, 0.3) is 0 Å². The number of nitrogens with one attached hydrogen (secondary N) is 1. The largest absolute Gasteiger partial charge is 0.467 e. The highest BCUT2D eigenvalue weighted by Gasteiger charge is 2.23. The summed E-state index contributed by atoms with van der Waals surface area (Å²) in [5, 5.41) is 2.94. The topological polar surface area (TPSA) is 65.8 Å². The number of carbonyl (C=O) groups is 2. The van der Waals surface area contributed by atoms with Crippen LogP contribution in [0.4, 0.5) is 4.79 Å². The van der Waals surface area contributed by atoms with Crippen molar-refractivity contribution in [3.05, 3.63) is 95.9 Å². The maximum atomic E-state index is 13.3. The molecule has 3 aromatic rings. The zero-order valence-corrected chi connectivity index (χ0v) is 18.7. The molecule has 0 aliphatic rings. The molecule has 1 aromatic heterocycles. The van der Waals surface area contributed by atoms with E-state index < -0.39 is 0 Å². The zero-order chi connectivity index (χ0) is 22.8. The van der Waals surface area contributed by atoms with Crippen LogP contribution in [0.5, 0.6) is 0 Å². The quantitative estimate of drug-likeness (QED) is 0.505. The first kappa shape index (κ1) is 23.1. The maximum Gasteiger partial charge on any atom is 0.318 e. The minimum Gasteiger partial charge on any atom is -0.467 e. The van der Waals surface area contributed by atoms with Gasteiger partial charge in [-0.1, -0.05) is 74.5 Å². The lowest BCUT2D eigenvalue weighted by atomic mass is 10.2. The van der Waals surface area contributed by atoms with E-state index in [1.165, 1.54) is 0 Å². The molecule has 168 valence electrons. The first-order valence-electron chi connectivity index (χ1n) is 10.9. The smallest absolute Gasteiger partial charge is 0.318 e. The van der Waals surface area contributed by atoms with E-state index in [9.17, 15) is 9.59 Å². The van der Waals surface area contributed by atoms with Crippen molar-refractivity contribution in [1.29, 1.82) is 0 Å². The monoisotopic (exact) mass is 433 g/mol. The van der Waals surface area contributed by atoms with Crippen LogP contribution in [0, 0.1) is 5.92 Å². The molecule has 6 nitrogen and oxygen atoms in total. The van der Waals surface area contributed by atoms with Crippen LogP contribution < -0.4 is 5.32 Å². The Hall–Kier alpha value is -3.54. The molecule has 0 radical (unpaired) electrons. The van der Waals surface area contributed by atoms with Crippen LogP contribution in [0.1, 0.15) is 30.7 Å². The number of furan rings is 1. The molecule has 1 N–H and O–H groups in total. The van der Waals surface area contributed by atoms with Gasteiger partial charge in [-0.2, -0.15) is 0 Å². The summed E-state index contributed by atoms with van der Waals surface area (Å²) in [6.45, 7) is 5.78. The summed E-state index contributed by atoms with van der Waals surface area (Å²) in [5.74, 6) is 0.817. The van der Waals surface area contributed by atoms with Crippen molar-refractivity contribution in [1.82, 2.24) is 15.1 Å². The number of amides is 3. The molecule has 0 unspecified atom stereocenters. The fourth-order valence-corrected chi connectivity index (χ4v) is 3.44. The predicted molar refractivity (Wildman–Crippen MR) is 124 cm³/mol. The summed E-state index contributed by atoms with van der Waals surface area (Å²) >= 11 is 0. The number of hydrogen-bond acceptors (Lipinski definition) is 3. The minimum atomic E-state index is -0.242. The lowest BCUT2D eigenvalue weighted by Gasteiger charge is -2.28. The Bertz CT molecular complexity index is 957. The van der Waals surface area contributed by atoms with Gasteiger partial charge in [-0.15, -0.1) is 0 Å². The van der Waals surface area contributed by atoms with E-state index in [0.29, 0.717) is 31.9 Å². The van der Waals surface area contributed by atoms with E-state index in [-0.39, 0.29) is 24.4 Å². The van der Waals surface area contributed by atoms with Gasteiger partial charge in [0, 0.05) is 19.6 Å². The first-order valence-corrected chi connectivity index (χ1v) is 10.9. The summed E-state index contributed by atoms with van der Waals surface area (Å²) < 4.78 is 5.47. The molecular formula is C26H31N3O3. The Morgan fingerprint density at radius 2 is 1.50 bits per heavy atom. The molecule has 6 heteroatoms. The Balaban J connectivity index is 1.69. The van der Waals surface area contributed by atoms with Crippen LogP contribution in [-0.4, -0.2) is 34.8 Å². The van der Waals surface area contributed by atoms with Gasteiger partial charge in [-0.05, 0) is 29.2 Å². The summed E-state index contributed by atoms with van der Waals surface area (Å²) in [7, 11) is 0. The molecule has 0 spiro atoms. The van der Waals surface area contributed by atoms with Crippen LogP contribution in [-0.2, 0) is 24.4 Å². The minimum absolute atomic E-state index is 0.00629. The van der Waals surface area contributed by atoms with E-state index in [1.54, 1.807) is 16.1 Å². The van der Waals surface area contributed by atoms with Crippen molar-refractivity contribution in [2.45, 2.75) is 33.5 Å². The Morgan fingerprint density at radius 3 is 2.09 bits per heavy atom. The molecule has 3 amide bonds. The third-order valence-electron chi connectivity index (χ3n) is 4.98. The van der Waals surface area contributed by atoms with E-state index in [1.807, 2.05) is 86.6 Å². The summed E-state index contributed by atoms with van der Waals surface area (Å²) in [5.41, 5.74) is 2.04. The van der Waals surface area contributed by atoms with Crippen molar-refractivity contribution < 1.29 is 14.0 Å². The molecule has 0 fully saturated rings. The van der Waals surface area contributed by atoms with Gasteiger partial charge in [0.1, 0.15) is 12.3 Å². The lowest BCUT2D eigenvalue weighted by molar-refractivity contribution is -0.133. The van der Waals surface area contributed by atoms with Crippen molar-refractivity contribution >= 4 is 11.9 Å². The molecule has 1 heterocycles. The number of urea groups is 1. The second kappa shape index (κ2) is 11.7. The van der Waals surface area contributed by atoms with E-state index in [2.05, 4.69) is 5.32 Å². The van der Waals surface area contributed by atoms with Crippen LogP contribution in [0.3, 0.4) is 0 Å². The summed E-state index contributed by atoms with van der Waals surface area (Å²) in [4.78, 5) is 29.5. The van der Waals surface area contributed by atoms with E-state index in [4.69, 9.17) is 4.42 Å². The molecule has 0 aliphatic heterocycles. The van der Waals surface area contributed by atoms with Crippen LogP contribution >= 0.6 is 0 Å². The molecule has 0 atom stereocenters. The molecule has 0 saturated carbocycles. The number of rotatable bonds is 10. The number of hydrogen-bond donors (Lipinski definition) is 1. The normalized spacial score (nSPS) is 10.7. The van der Waals surface area contributed by atoms with Gasteiger partial charge >= 0.3 is 6.03 Å². The predicted octanol–water partition coefficient (Wildman–Crippen LogP) is 4.68. The highest BCUT2D eigenvalue weighted by Crippen LogP contribution is 2.12. The highest BCUT2D eigenvalue weighted by atomic mass is 16.3. The average Bonchev–Trinajstić information content (AvgIpc) is 3.31. The van der Waals surface area contributed by atoms with Gasteiger partial charge in [0.15, 0.2) is 0 Å². The van der Waals surface area contributed by atoms with Crippen LogP contribution in [0.2, 0.25) is 0 Å². The first-order chi connectivity index (χ1) is 15.5. The zero-order valence-electron chi connectivity index (χ0n) is 18.7. The number of benzene rings is 2. The average molecular weight is 434 g/mol. The molecule has 32 heavy (non-hydrogen) atoms. The molecule has 3 rings (SSSR count). The van der Waals surface area contributed by atoms with Crippen LogP contribution in [0.15, 0.2) is 83.5 Å².